The van der Waals surface area contributed by atoms with Crippen LogP contribution >= 0.6 is 12.2 Å². The van der Waals surface area contributed by atoms with Gasteiger partial charge in [-0.25, -0.2) is 0 Å². The van der Waals surface area contributed by atoms with Crippen molar-refractivity contribution >= 4 is 23.1 Å². The fourth-order valence-electron chi connectivity index (χ4n) is 1.75. The van der Waals surface area contributed by atoms with Crippen molar-refractivity contribution in [3.05, 3.63) is 0 Å². The molecule has 1 aliphatic rings. The summed E-state index contributed by atoms with van der Waals surface area (Å²) in [6.45, 7) is 10.2. The lowest BCUT2D eigenvalue weighted by molar-refractivity contribution is -0.138. The summed E-state index contributed by atoms with van der Waals surface area (Å²) in [6, 6.07) is 0. The van der Waals surface area contributed by atoms with Crippen LogP contribution < -0.4 is 5.73 Å². The van der Waals surface area contributed by atoms with E-state index in [-0.39, 0.29) is 17.4 Å². The molecule has 1 saturated heterocycles. The monoisotopic (exact) mass is 272 g/mol. The minimum atomic E-state index is -0.289. The molecule has 1 fully saturated rings. The summed E-state index contributed by atoms with van der Waals surface area (Å²) in [5, 5.41) is 0. The highest BCUT2D eigenvalue weighted by Crippen LogP contribution is 2.28. The molecular weight excluding hydrogens is 248 g/mol. The van der Waals surface area contributed by atoms with Crippen molar-refractivity contribution in [2.24, 2.45) is 17.1 Å². The molecule has 1 heterocycles. The first-order chi connectivity index (χ1) is 8.21. The van der Waals surface area contributed by atoms with Gasteiger partial charge in [0.05, 0.1) is 13.2 Å². The molecule has 2 N–H and O–H groups in total. The van der Waals surface area contributed by atoms with Gasteiger partial charge in [-0.05, 0) is 11.3 Å². The molecular formula is C13H24N2O2S. The maximum atomic E-state index is 12.2. The first-order valence-electron chi connectivity index (χ1n) is 6.40. The van der Waals surface area contributed by atoms with Gasteiger partial charge in [-0.3, -0.25) is 4.79 Å². The van der Waals surface area contributed by atoms with Gasteiger partial charge < -0.3 is 15.4 Å². The minimum Gasteiger partial charge on any atom is -0.391 e. The third-order valence-corrected chi connectivity index (χ3v) is 3.96. The van der Waals surface area contributed by atoms with E-state index >= 15 is 0 Å². The maximum Gasteiger partial charge on any atom is 0.223 e. The maximum absolute atomic E-state index is 12.2. The SMILES string of the molecule is CC(CC(=O)N1CCOC(C(N)=S)C1)C(C)(C)C. The molecule has 0 spiro atoms. The summed E-state index contributed by atoms with van der Waals surface area (Å²) in [7, 11) is 0. The molecule has 0 aromatic carbocycles. The van der Waals surface area contributed by atoms with Crippen LogP contribution in [0.5, 0.6) is 0 Å². The van der Waals surface area contributed by atoms with Crippen molar-refractivity contribution in [2.75, 3.05) is 19.7 Å². The lowest BCUT2D eigenvalue weighted by atomic mass is 9.80. The van der Waals surface area contributed by atoms with Crippen LogP contribution in [-0.2, 0) is 9.53 Å². The molecule has 104 valence electrons. The van der Waals surface area contributed by atoms with Crippen LogP contribution in [-0.4, -0.2) is 41.6 Å². The second kappa shape index (κ2) is 5.97. The summed E-state index contributed by atoms with van der Waals surface area (Å²) in [5.41, 5.74) is 5.71. The van der Waals surface area contributed by atoms with Crippen molar-refractivity contribution in [1.29, 1.82) is 0 Å². The molecule has 0 saturated carbocycles. The molecule has 0 aromatic heterocycles. The largest absolute Gasteiger partial charge is 0.391 e. The Morgan fingerprint density at radius 2 is 2.17 bits per heavy atom. The molecule has 1 aliphatic heterocycles. The molecule has 0 bridgehead atoms. The average Bonchev–Trinajstić information content (AvgIpc) is 2.27. The predicted octanol–water partition coefficient (Wildman–Crippen LogP) is 1.57. The third kappa shape index (κ3) is 4.21. The quantitative estimate of drug-likeness (QED) is 0.792. The van der Waals surface area contributed by atoms with Crippen LogP contribution in [0.3, 0.4) is 0 Å². The van der Waals surface area contributed by atoms with E-state index in [0.717, 1.165) is 0 Å². The van der Waals surface area contributed by atoms with Crippen LogP contribution in [0.4, 0.5) is 0 Å². The zero-order chi connectivity index (χ0) is 13.9. The number of carbonyl (C=O) groups excluding carboxylic acids is 1. The normalized spacial score (nSPS) is 22.7. The molecule has 0 radical (unpaired) electrons. The summed E-state index contributed by atoms with van der Waals surface area (Å²) >= 11 is 4.92. The van der Waals surface area contributed by atoms with Crippen LogP contribution in [0.15, 0.2) is 0 Å². The number of nitrogens with two attached hydrogens (primary N) is 1. The highest BCUT2D eigenvalue weighted by Gasteiger charge is 2.29. The number of rotatable bonds is 3. The van der Waals surface area contributed by atoms with Crippen LogP contribution in [0.25, 0.3) is 0 Å². The van der Waals surface area contributed by atoms with Crippen LogP contribution in [0.1, 0.15) is 34.1 Å². The van der Waals surface area contributed by atoms with Gasteiger partial charge in [0.1, 0.15) is 11.1 Å². The van der Waals surface area contributed by atoms with Gasteiger partial charge in [0.25, 0.3) is 0 Å². The van der Waals surface area contributed by atoms with E-state index in [1.54, 1.807) is 0 Å². The molecule has 0 aliphatic carbocycles. The van der Waals surface area contributed by atoms with Gasteiger partial charge >= 0.3 is 0 Å². The Balaban J connectivity index is 2.54. The summed E-state index contributed by atoms with van der Waals surface area (Å²) in [4.78, 5) is 14.4. The molecule has 1 amide bonds. The fourth-order valence-corrected chi connectivity index (χ4v) is 1.89. The van der Waals surface area contributed by atoms with Gasteiger partial charge in [0, 0.05) is 13.0 Å². The Bertz CT molecular complexity index is 325. The highest BCUT2D eigenvalue weighted by atomic mass is 32.1. The van der Waals surface area contributed by atoms with E-state index in [1.165, 1.54) is 0 Å². The number of amides is 1. The zero-order valence-corrected chi connectivity index (χ0v) is 12.5. The summed E-state index contributed by atoms with van der Waals surface area (Å²) in [6.07, 6.45) is 0.274. The zero-order valence-electron chi connectivity index (χ0n) is 11.7. The number of morpholine rings is 1. The van der Waals surface area contributed by atoms with Crippen molar-refractivity contribution < 1.29 is 9.53 Å². The summed E-state index contributed by atoms with van der Waals surface area (Å²) < 4.78 is 5.43. The van der Waals surface area contributed by atoms with E-state index < -0.39 is 0 Å². The van der Waals surface area contributed by atoms with E-state index in [9.17, 15) is 4.79 Å². The minimum absolute atomic E-state index is 0.143. The van der Waals surface area contributed by atoms with E-state index in [0.29, 0.717) is 37.0 Å². The first kappa shape index (κ1) is 15.4. The number of nitrogens with zero attached hydrogens (tertiary/aromatic N) is 1. The lowest BCUT2D eigenvalue weighted by Gasteiger charge is -2.34. The lowest BCUT2D eigenvalue weighted by Crippen LogP contribution is -2.50. The second-order valence-corrected chi connectivity index (χ2v) is 6.54. The van der Waals surface area contributed by atoms with Gasteiger partial charge in [-0.1, -0.05) is 39.9 Å². The Labute approximate surface area is 115 Å². The van der Waals surface area contributed by atoms with Crippen molar-refractivity contribution in [2.45, 2.75) is 40.2 Å². The number of ether oxygens (including phenoxy) is 1. The topological polar surface area (TPSA) is 55.6 Å². The highest BCUT2D eigenvalue weighted by molar-refractivity contribution is 7.80. The van der Waals surface area contributed by atoms with Crippen molar-refractivity contribution in [1.82, 2.24) is 4.90 Å². The molecule has 2 unspecified atom stereocenters. The number of hydrogen-bond donors (Lipinski definition) is 1. The van der Waals surface area contributed by atoms with Gasteiger partial charge in [0.2, 0.25) is 5.91 Å². The molecule has 2 atom stereocenters. The first-order valence-corrected chi connectivity index (χ1v) is 6.81. The Morgan fingerprint density at radius 1 is 1.56 bits per heavy atom. The Morgan fingerprint density at radius 3 is 2.67 bits per heavy atom. The Hall–Kier alpha value is -0.680. The average molecular weight is 272 g/mol. The molecule has 0 aromatic rings. The van der Waals surface area contributed by atoms with Gasteiger partial charge in [0.15, 0.2) is 0 Å². The fraction of sp³-hybridized carbons (Fsp3) is 0.846. The van der Waals surface area contributed by atoms with Crippen molar-refractivity contribution in [3.63, 3.8) is 0 Å². The van der Waals surface area contributed by atoms with E-state index in [4.69, 9.17) is 22.7 Å². The van der Waals surface area contributed by atoms with Crippen LogP contribution in [0, 0.1) is 11.3 Å². The standard InChI is InChI=1S/C13H24N2O2S/c1-9(13(2,3)4)7-11(16)15-5-6-17-10(8-15)12(14)18/h9-10H,5-8H2,1-4H3,(H2,14,18). The summed E-state index contributed by atoms with van der Waals surface area (Å²) in [5.74, 6) is 0.512. The number of hydrogen-bond acceptors (Lipinski definition) is 3. The van der Waals surface area contributed by atoms with Crippen molar-refractivity contribution in [3.8, 4) is 0 Å². The van der Waals surface area contributed by atoms with Crippen LogP contribution in [0.2, 0.25) is 0 Å². The second-order valence-electron chi connectivity index (χ2n) is 6.07. The van der Waals surface area contributed by atoms with Gasteiger partial charge in [-0.15, -0.1) is 0 Å². The smallest absolute Gasteiger partial charge is 0.223 e. The van der Waals surface area contributed by atoms with Gasteiger partial charge in [-0.2, -0.15) is 0 Å². The van der Waals surface area contributed by atoms with E-state index in [2.05, 4.69) is 27.7 Å². The molecule has 1 rings (SSSR count). The van der Waals surface area contributed by atoms with E-state index in [1.807, 2.05) is 4.90 Å². The third-order valence-electron chi connectivity index (χ3n) is 3.70. The Kier molecular flexibility index (Phi) is 5.10. The predicted molar refractivity (Wildman–Crippen MR) is 76.3 cm³/mol. The molecule has 5 heteroatoms. The molecule has 4 nitrogen and oxygen atoms in total. The number of thiocarbonyl (C=S) groups is 1. The number of carbonyl (C=O) groups is 1. The molecule has 18 heavy (non-hydrogen) atoms.